The van der Waals surface area contributed by atoms with Crippen LogP contribution in [0.3, 0.4) is 0 Å². The van der Waals surface area contributed by atoms with Crippen molar-refractivity contribution in [2.24, 2.45) is 5.92 Å². The standard InChI is InChI=1S/C18H30N6O2/c1-3-5-12(2)26-17-22-15(19)14-16(23-17)24(18(25)21-14)11-4-6-13-7-9-20-10-8-13/h12-13,20H,3-11H2,1-2H3,(H,21,25)(H2,19,22,23)/t12-/m0/s1. The summed E-state index contributed by atoms with van der Waals surface area (Å²) in [5.41, 5.74) is 6.85. The largest absolute Gasteiger partial charge is 0.460 e. The summed E-state index contributed by atoms with van der Waals surface area (Å²) in [4.78, 5) is 23.8. The van der Waals surface area contributed by atoms with E-state index in [1.165, 1.54) is 12.8 Å². The Labute approximate surface area is 153 Å². The van der Waals surface area contributed by atoms with E-state index in [-0.39, 0.29) is 23.6 Å². The lowest BCUT2D eigenvalue weighted by molar-refractivity contribution is 0.193. The summed E-state index contributed by atoms with van der Waals surface area (Å²) in [5.74, 6) is 0.994. The van der Waals surface area contributed by atoms with Crippen LogP contribution in [0.25, 0.3) is 11.2 Å². The van der Waals surface area contributed by atoms with Crippen LogP contribution in [0.5, 0.6) is 6.01 Å². The van der Waals surface area contributed by atoms with Crippen molar-refractivity contribution in [3.63, 3.8) is 0 Å². The number of fused-ring (bicyclic) bond motifs is 1. The van der Waals surface area contributed by atoms with Crippen LogP contribution in [-0.2, 0) is 6.54 Å². The molecule has 8 heteroatoms. The molecule has 8 nitrogen and oxygen atoms in total. The Kier molecular flexibility index (Phi) is 6.13. The lowest BCUT2D eigenvalue weighted by atomic mass is 9.93. The van der Waals surface area contributed by atoms with E-state index in [9.17, 15) is 4.79 Å². The van der Waals surface area contributed by atoms with Gasteiger partial charge in [0.1, 0.15) is 5.52 Å². The van der Waals surface area contributed by atoms with E-state index in [1.54, 1.807) is 4.57 Å². The molecule has 1 aliphatic heterocycles. The molecule has 0 aliphatic carbocycles. The summed E-state index contributed by atoms with van der Waals surface area (Å²) in [6.07, 6.45) is 6.44. The fraction of sp³-hybridized carbons (Fsp3) is 0.722. The van der Waals surface area contributed by atoms with Crippen molar-refractivity contribution in [1.82, 2.24) is 24.8 Å². The first-order valence-corrected chi connectivity index (χ1v) is 9.72. The van der Waals surface area contributed by atoms with E-state index in [0.717, 1.165) is 44.7 Å². The molecule has 1 fully saturated rings. The number of nitrogen functional groups attached to an aromatic ring is 1. The van der Waals surface area contributed by atoms with Gasteiger partial charge >= 0.3 is 11.7 Å². The van der Waals surface area contributed by atoms with Crippen molar-refractivity contribution in [2.45, 2.75) is 65.0 Å². The molecule has 2 aromatic rings. The van der Waals surface area contributed by atoms with Gasteiger partial charge in [0, 0.05) is 6.54 Å². The summed E-state index contributed by atoms with van der Waals surface area (Å²) >= 11 is 0. The molecular formula is C18H30N6O2. The van der Waals surface area contributed by atoms with Crippen LogP contribution >= 0.6 is 0 Å². The summed E-state index contributed by atoms with van der Waals surface area (Å²) in [6, 6.07) is 0.238. The van der Waals surface area contributed by atoms with Gasteiger partial charge in [-0.2, -0.15) is 9.97 Å². The molecule has 0 amide bonds. The highest BCUT2D eigenvalue weighted by Gasteiger charge is 2.17. The molecule has 144 valence electrons. The van der Waals surface area contributed by atoms with Gasteiger partial charge in [0.2, 0.25) is 0 Å². The number of nitrogens with two attached hydrogens (primary N) is 1. The van der Waals surface area contributed by atoms with E-state index in [1.807, 2.05) is 6.92 Å². The first kappa shape index (κ1) is 18.7. The van der Waals surface area contributed by atoms with Gasteiger partial charge in [-0.15, -0.1) is 0 Å². The molecule has 0 radical (unpaired) electrons. The number of hydrogen-bond acceptors (Lipinski definition) is 6. The number of nitrogens with zero attached hydrogens (tertiary/aromatic N) is 3. The molecule has 0 unspecified atom stereocenters. The van der Waals surface area contributed by atoms with E-state index >= 15 is 0 Å². The van der Waals surface area contributed by atoms with Crippen molar-refractivity contribution in [3.8, 4) is 6.01 Å². The third kappa shape index (κ3) is 4.35. The van der Waals surface area contributed by atoms with E-state index < -0.39 is 0 Å². The van der Waals surface area contributed by atoms with Gasteiger partial charge in [-0.1, -0.05) is 13.3 Å². The second-order valence-electron chi connectivity index (χ2n) is 7.22. The van der Waals surface area contributed by atoms with Crippen LogP contribution in [0.1, 0.15) is 52.4 Å². The fourth-order valence-corrected chi connectivity index (χ4v) is 3.64. The number of nitrogens with one attached hydrogen (secondary N) is 2. The summed E-state index contributed by atoms with van der Waals surface area (Å²) in [5, 5.41) is 3.38. The number of aromatic nitrogens is 4. The fourth-order valence-electron chi connectivity index (χ4n) is 3.64. The zero-order valence-corrected chi connectivity index (χ0v) is 15.8. The first-order valence-electron chi connectivity index (χ1n) is 9.72. The molecule has 0 bridgehead atoms. The van der Waals surface area contributed by atoms with E-state index in [0.29, 0.717) is 17.7 Å². The van der Waals surface area contributed by atoms with Crippen molar-refractivity contribution in [3.05, 3.63) is 10.5 Å². The normalized spacial score (nSPS) is 16.8. The molecule has 1 aliphatic rings. The van der Waals surface area contributed by atoms with Gasteiger partial charge < -0.3 is 20.8 Å². The van der Waals surface area contributed by atoms with Crippen LogP contribution in [0.2, 0.25) is 0 Å². The van der Waals surface area contributed by atoms with Gasteiger partial charge in [0.25, 0.3) is 0 Å². The van der Waals surface area contributed by atoms with Crippen LogP contribution in [-0.4, -0.2) is 38.7 Å². The van der Waals surface area contributed by atoms with Crippen LogP contribution in [0, 0.1) is 5.92 Å². The van der Waals surface area contributed by atoms with Gasteiger partial charge in [-0.25, -0.2) is 4.79 Å². The van der Waals surface area contributed by atoms with Crippen LogP contribution in [0.15, 0.2) is 4.79 Å². The highest BCUT2D eigenvalue weighted by molar-refractivity contribution is 5.81. The summed E-state index contributed by atoms with van der Waals surface area (Å²) in [6.45, 7) is 6.90. The van der Waals surface area contributed by atoms with Crippen molar-refractivity contribution < 1.29 is 4.74 Å². The third-order valence-corrected chi connectivity index (χ3v) is 5.08. The van der Waals surface area contributed by atoms with Gasteiger partial charge in [-0.05, 0) is 58.0 Å². The number of rotatable bonds is 8. The van der Waals surface area contributed by atoms with E-state index in [4.69, 9.17) is 10.5 Å². The lowest BCUT2D eigenvalue weighted by Gasteiger charge is -2.22. The average molecular weight is 362 g/mol. The molecule has 3 rings (SSSR count). The third-order valence-electron chi connectivity index (χ3n) is 5.08. The monoisotopic (exact) mass is 362 g/mol. The highest BCUT2D eigenvalue weighted by Crippen LogP contribution is 2.21. The SMILES string of the molecule is CCC[C@H](C)Oc1nc(N)c2[nH]c(=O)n(CCCC3CCNCC3)c2n1. The summed E-state index contributed by atoms with van der Waals surface area (Å²) < 4.78 is 7.43. The zero-order valence-electron chi connectivity index (χ0n) is 15.8. The minimum Gasteiger partial charge on any atom is -0.460 e. The second-order valence-corrected chi connectivity index (χ2v) is 7.22. The Morgan fingerprint density at radius 2 is 2.12 bits per heavy atom. The molecular weight excluding hydrogens is 332 g/mol. The molecule has 0 saturated carbocycles. The summed E-state index contributed by atoms with van der Waals surface area (Å²) in [7, 11) is 0. The predicted octanol–water partition coefficient (Wildman–Crippen LogP) is 2.05. The Hall–Kier alpha value is -2.09. The zero-order chi connectivity index (χ0) is 18.5. The molecule has 1 atom stereocenters. The number of ether oxygens (including phenoxy) is 1. The number of hydrogen-bond donors (Lipinski definition) is 3. The van der Waals surface area contributed by atoms with Gasteiger partial charge in [0.15, 0.2) is 11.5 Å². The number of aryl methyl sites for hydroxylation is 1. The molecule has 3 heterocycles. The molecule has 0 spiro atoms. The van der Waals surface area contributed by atoms with Crippen molar-refractivity contribution in [2.75, 3.05) is 18.8 Å². The van der Waals surface area contributed by atoms with Crippen LogP contribution in [0.4, 0.5) is 5.82 Å². The molecule has 26 heavy (non-hydrogen) atoms. The van der Waals surface area contributed by atoms with Gasteiger partial charge in [-0.3, -0.25) is 4.57 Å². The maximum Gasteiger partial charge on any atom is 0.327 e. The first-order chi connectivity index (χ1) is 12.6. The van der Waals surface area contributed by atoms with Crippen molar-refractivity contribution in [1.29, 1.82) is 0 Å². The topological polar surface area (TPSA) is 111 Å². The number of imidazole rings is 1. The number of piperidine rings is 1. The Morgan fingerprint density at radius 3 is 2.85 bits per heavy atom. The second kappa shape index (κ2) is 8.53. The van der Waals surface area contributed by atoms with Crippen molar-refractivity contribution >= 4 is 17.0 Å². The maximum absolute atomic E-state index is 12.3. The minimum absolute atomic E-state index is 0.0101. The Balaban J connectivity index is 1.74. The Morgan fingerprint density at radius 1 is 1.35 bits per heavy atom. The predicted molar refractivity (Wildman–Crippen MR) is 102 cm³/mol. The number of anilines is 1. The quantitative estimate of drug-likeness (QED) is 0.663. The average Bonchev–Trinajstić information content (AvgIpc) is 2.93. The smallest absolute Gasteiger partial charge is 0.327 e. The Bertz CT molecular complexity index is 778. The minimum atomic E-state index is -0.190. The number of H-pyrrole nitrogens is 1. The maximum atomic E-state index is 12.3. The highest BCUT2D eigenvalue weighted by atomic mass is 16.5. The number of aromatic amines is 1. The molecule has 1 saturated heterocycles. The van der Waals surface area contributed by atoms with Crippen LogP contribution < -0.4 is 21.5 Å². The molecule has 0 aromatic carbocycles. The molecule has 4 N–H and O–H groups in total. The lowest BCUT2D eigenvalue weighted by Crippen LogP contribution is -2.28. The van der Waals surface area contributed by atoms with Gasteiger partial charge in [0.05, 0.1) is 6.10 Å². The molecule has 2 aromatic heterocycles. The van der Waals surface area contributed by atoms with E-state index in [2.05, 4.69) is 27.2 Å².